The third-order valence-electron chi connectivity index (χ3n) is 1.90. The van der Waals surface area contributed by atoms with Crippen LogP contribution in [0.4, 0.5) is 0 Å². The van der Waals surface area contributed by atoms with E-state index in [0.29, 0.717) is 23.1 Å². The van der Waals surface area contributed by atoms with Crippen molar-refractivity contribution in [2.24, 2.45) is 12.8 Å². The molecule has 0 fully saturated rings. The predicted octanol–water partition coefficient (Wildman–Crippen LogP) is 0.589. The smallest absolute Gasteiger partial charge is 0.0856 e. The van der Waals surface area contributed by atoms with E-state index in [9.17, 15) is 4.21 Å². The van der Waals surface area contributed by atoms with Crippen molar-refractivity contribution in [1.29, 1.82) is 0 Å². The van der Waals surface area contributed by atoms with Gasteiger partial charge in [-0.1, -0.05) is 11.6 Å². The van der Waals surface area contributed by atoms with Gasteiger partial charge < -0.3 is 5.73 Å². The zero-order valence-corrected chi connectivity index (χ0v) is 9.86. The minimum Gasteiger partial charge on any atom is -0.330 e. The molecule has 0 saturated carbocycles. The Hall–Kier alpha value is -0.390. The molecule has 4 nitrogen and oxygen atoms in total. The van der Waals surface area contributed by atoms with E-state index in [0.717, 1.165) is 11.4 Å². The highest BCUT2D eigenvalue weighted by Gasteiger charge is 2.13. The van der Waals surface area contributed by atoms with Crippen LogP contribution in [0.25, 0.3) is 0 Å². The van der Waals surface area contributed by atoms with E-state index in [1.54, 1.807) is 11.7 Å². The first-order chi connectivity index (χ1) is 6.56. The Bertz CT molecular complexity index is 351. The summed E-state index contributed by atoms with van der Waals surface area (Å²) < 4.78 is 13.1. The van der Waals surface area contributed by atoms with E-state index >= 15 is 0 Å². The Labute approximate surface area is 90.9 Å². The highest BCUT2D eigenvalue weighted by atomic mass is 35.5. The summed E-state index contributed by atoms with van der Waals surface area (Å²) in [4.78, 5) is 0. The van der Waals surface area contributed by atoms with E-state index in [1.165, 1.54) is 0 Å². The molecule has 6 heteroatoms. The fourth-order valence-corrected chi connectivity index (χ4v) is 2.54. The van der Waals surface area contributed by atoms with Crippen LogP contribution in [0.5, 0.6) is 0 Å². The average Bonchev–Trinajstić information content (AvgIpc) is 2.33. The largest absolute Gasteiger partial charge is 0.330 e. The summed E-state index contributed by atoms with van der Waals surface area (Å²) in [6.45, 7) is 2.26. The van der Waals surface area contributed by atoms with Crippen molar-refractivity contribution in [2.75, 3.05) is 12.3 Å². The summed E-state index contributed by atoms with van der Waals surface area (Å²) in [7, 11) is 0.851. The topological polar surface area (TPSA) is 60.9 Å². The Morgan fingerprint density at radius 2 is 2.29 bits per heavy atom. The lowest BCUT2D eigenvalue weighted by molar-refractivity contribution is 0.675. The van der Waals surface area contributed by atoms with Crippen molar-refractivity contribution in [2.45, 2.75) is 12.7 Å². The summed E-state index contributed by atoms with van der Waals surface area (Å²) in [6, 6.07) is 0. The van der Waals surface area contributed by atoms with Gasteiger partial charge in [0.25, 0.3) is 0 Å². The first kappa shape index (κ1) is 11.7. The molecule has 1 aromatic rings. The fraction of sp³-hybridized carbons (Fsp3) is 0.625. The molecule has 0 amide bonds. The maximum atomic E-state index is 11.5. The third-order valence-corrected chi connectivity index (χ3v) is 3.68. The maximum Gasteiger partial charge on any atom is 0.0856 e. The zero-order valence-electron chi connectivity index (χ0n) is 8.29. The van der Waals surface area contributed by atoms with Crippen LogP contribution in [0.15, 0.2) is 0 Å². The summed E-state index contributed by atoms with van der Waals surface area (Å²) in [5.74, 6) is 0.925. The van der Waals surface area contributed by atoms with Gasteiger partial charge in [0.15, 0.2) is 0 Å². The third kappa shape index (κ3) is 2.56. The number of aromatic nitrogens is 2. The molecule has 0 aliphatic heterocycles. The van der Waals surface area contributed by atoms with Crippen molar-refractivity contribution < 1.29 is 4.21 Å². The Balaban J connectivity index is 2.81. The monoisotopic (exact) mass is 235 g/mol. The summed E-state index contributed by atoms with van der Waals surface area (Å²) in [6.07, 6.45) is 0. The standard InChI is InChI=1S/C8H14ClN3OS/c1-6-8(9)7(12(2)11-6)5-14(13)4-3-10/h3-5,10H2,1-2H3. The number of hydrogen-bond donors (Lipinski definition) is 1. The molecule has 0 saturated heterocycles. The van der Waals surface area contributed by atoms with Crippen molar-refractivity contribution in [3.63, 3.8) is 0 Å². The summed E-state index contributed by atoms with van der Waals surface area (Å²) >= 11 is 6.01. The van der Waals surface area contributed by atoms with E-state index in [-0.39, 0.29) is 0 Å². The van der Waals surface area contributed by atoms with Crippen LogP contribution in [-0.4, -0.2) is 26.3 Å². The fourth-order valence-electron chi connectivity index (χ4n) is 1.19. The molecule has 0 bridgehead atoms. The minimum absolute atomic E-state index is 0.424. The van der Waals surface area contributed by atoms with Crippen molar-refractivity contribution in [3.8, 4) is 0 Å². The Morgan fingerprint density at radius 3 is 2.71 bits per heavy atom. The highest BCUT2D eigenvalue weighted by Crippen LogP contribution is 2.20. The van der Waals surface area contributed by atoms with E-state index < -0.39 is 10.8 Å². The molecule has 0 aromatic carbocycles. The van der Waals surface area contributed by atoms with Crippen LogP contribution >= 0.6 is 11.6 Å². The molecule has 1 heterocycles. The van der Waals surface area contributed by atoms with Crippen LogP contribution in [0.3, 0.4) is 0 Å². The molecule has 2 N–H and O–H groups in total. The average molecular weight is 236 g/mol. The highest BCUT2D eigenvalue weighted by molar-refractivity contribution is 7.84. The molecule has 1 unspecified atom stereocenters. The van der Waals surface area contributed by atoms with E-state index in [2.05, 4.69) is 5.10 Å². The molecular weight excluding hydrogens is 222 g/mol. The van der Waals surface area contributed by atoms with Gasteiger partial charge in [0.2, 0.25) is 0 Å². The lowest BCUT2D eigenvalue weighted by atomic mass is 10.4. The lowest BCUT2D eigenvalue weighted by Crippen LogP contribution is -2.13. The van der Waals surface area contributed by atoms with Gasteiger partial charge in [0, 0.05) is 30.1 Å². The van der Waals surface area contributed by atoms with E-state index in [1.807, 2.05) is 6.92 Å². The minimum atomic E-state index is -0.949. The van der Waals surface area contributed by atoms with Crippen LogP contribution in [0, 0.1) is 6.92 Å². The number of rotatable bonds is 4. The van der Waals surface area contributed by atoms with Crippen LogP contribution in [-0.2, 0) is 23.6 Å². The van der Waals surface area contributed by atoms with Gasteiger partial charge in [0.05, 0.1) is 22.2 Å². The number of aryl methyl sites for hydroxylation is 2. The zero-order chi connectivity index (χ0) is 10.7. The SMILES string of the molecule is Cc1nn(C)c(CS(=O)CCN)c1Cl. The first-order valence-electron chi connectivity index (χ1n) is 4.29. The van der Waals surface area contributed by atoms with Crippen LogP contribution in [0.1, 0.15) is 11.4 Å². The molecule has 0 aliphatic carbocycles. The van der Waals surface area contributed by atoms with Gasteiger partial charge in [-0.05, 0) is 6.92 Å². The molecular formula is C8H14ClN3OS. The summed E-state index contributed by atoms with van der Waals surface area (Å²) in [5, 5.41) is 4.75. The van der Waals surface area contributed by atoms with Gasteiger partial charge in [-0.3, -0.25) is 8.89 Å². The van der Waals surface area contributed by atoms with Crippen molar-refractivity contribution in [1.82, 2.24) is 9.78 Å². The normalized spacial score (nSPS) is 13.1. The second-order valence-corrected chi connectivity index (χ2v) is 5.00. The molecule has 14 heavy (non-hydrogen) atoms. The molecule has 0 spiro atoms. The Kier molecular flexibility index (Phi) is 4.10. The van der Waals surface area contributed by atoms with Crippen LogP contribution in [0.2, 0.25) is 5.02 Å². The molecule has 1 rings (SSSR count). The van der Waals surface area contributed by atoms with Gasteiger partial charge in [-0.15, -0.1) is 0 Å². The number of hydrogen-bond acceptors (Lipinski definition) is 3. The molecule has 1 atom stereocenters. The Morgan fingerprint density at radius 1 is 1.64 bits per heavy atom. The second kappa shape index (κ2) is 4.91. The second-order valence-electron chi connectivity index (χ2n) is 3.05. The van der Waals surface area contributed by atoms with Crippen LogP contribution < -0.4 is 5.73 Å². The number of halogens is 1. The first-order valence-corrected chi connectivity index (χ1v) is 6.16. The molecule has 80 valence electrons. The quantitative estimate of drug-likeness (QED) is 0.831. The maximum absolute atomic E-state index is 11.5. The van der Waals surface area contributed by atoms with Crippen molar-refractivity contribution >= 4 is 22.4 Å². The predicted molar refractivity (Wildman–Crippen MR) is 58.7 cm³/mol. The van der Waals surface area contributed by atoms with Gasteiger partial charge in [0.1, 0.15) is 0 Å². The van der Waals surface area contributed by atoms with Gasteiger partial charge in [-0.25, -0.2) is 0 Å². The molecule has 1 aromatic heterocycles. The van der Waals surface area contributed by atoms with Gasteiger partial charge in [-0.2, -0.15) is 5.10 Å². The number of nitrogens with two attached hydrogens (primary N) is 1. The molecule has 0 radical (unpaired) electrons. The van der Waals surface area contributed by atoms with E-state index in [4.69, 9.17) is 17.3 Å². The molecule has 0 aliphatic rings. The van der Waals surface area contributed by atoms with Crippen molar-refractivity contribution in [3.05, 3.63) is 16.4 Å². The van der Waals surface area contributed by atoms with Gasteiger partial charge >= 0.3 is 0 Å². The number of nitrogens with zero attached hydrogens (tertiary/aromatic N) is 2. The lowest BCUT2D eigenvalue weighted by Gasteiger charge is -2.01. The summed E-state index contributed by atoms with van der Waals surface area (Å²) in [5.41, 5.74) is 6.90.